The predicted octanol–water partition coefficient (Wildman–Crippen LogP) is 0.306. The third kappa shape index (κ3) is 1.07. The van der Waals surface area contributed by atoms with Gasteiger partial charge in [0.25, 0.3) is 5.56 Å². The van der Waals surface area contributed by atoms with Crippen LogP contribution >= 0.6 is 0 Å². The van der Waals surface area contributed by atoms with Gasteiger partial charge in [0.05, 0.1) is 12.7 Å². The molecule has 1 aliphatic rings. The van der Waals surface area contributed by atoms with Crippen LogP contribution in [0.25, 0.3) is 0 Å². The molecule has 1 aromatic rings. The molecule has 2 rings (SSSR count). The number of nitrogens with zero attached hydrogens (tertiary/aromatic N) is 1. The lowest BCUT2D eigenvalue weighted by Crippen LogP contribution is -2.24. The summed E-state index contributed by atoms with van der Waals surface area (Å²) in [7, 11) is 3.42. The molecule has 0 fully saturated rings. The molecule has 4 heteroatoms. The van der Waals surface area contributed by atoms with Crippen molar-refractivity contribution < 1.29 is 4.74 Å². The van der Waals surface area contributed by atoms with Crippen molar-refractivity contribution in [3.05, 3.63) is 27.2 Å². The van der Waals surface area contributed by atoms with Crippen LogP contribution in [-0.4, -0.2) is 11.7 Å². The van der Waals surface area contributed by atoms with E-state index in [4.69, 9.17) is 4.74 Å². The summed E-state index contributed by atoms with van der Waals surface area (Å²) in [5.74, 6) is 0.744. The first-order valence-electron chi connectivity index (χ1n) is 4.63. The Kier molecular flexibility index (Phi) is 2.07. The fourth-order valence-electron chi connectivity index (χ4n) is 2.02. The van der Waals surface area contributed by atoms with Gasteiger partial charge in [0.1, 0.15) is 5.75 Å². The highest BCUT2D eigenvalue weighted by atomic mass is 16.5. The van der Waals surface area contributed by atoms with Crippen LogP contribution in [0.15, 0.2) is 4.79 Å². The number of rotatable bonds is 1. The predicted molar refractivity (Wildman–Crippen MR) is 53.5 cm³/mol. The van der Waals surface area contributed by atoms with Gasteiger partial charge < -0.3 is 14.6 Å². The molecule has 0 aliphatic carbocycles. The van der Waals surface area contributed by atoms with Crippen LogP contribution < -0.4 is 15.6 Å². The summed E-state index contributed by atoms with van der Waals surface area (Å²) in [6.07, 6.45) is 0. The highest BCUT2D eigenvalue weighted by Gasteiger charge is 2.21. The van der Waals surface area contributed by atoms with Crippen LogP contribution in [0.3, 0.4) is 0 Å². The van der Waals surface area contributed by atoms with Crippen LogP contribution in [0.5, 0.6) is 5.75 Å². The van der Waals surface area contributed by atoms with Crippen LogP contribution in [-0.2, 0) is 20.1 Å². The van der Waals surface area contributed by atoms with Crippen molar-refractivity contribution in [2.45, 2.75) is 20.0 Å². The Morgan fingerprint density at radius 3 is 2.79 bits per heavy atom. The van der Waals surface area contributed by atoms with E-state index in [1.54, 1.807) is 25.6 Å². The average Bonchev–Trinajstić information content (AvgIpc) is 2.64. The quantitative estimate of drug-likeness (QED) is 0.699. The Labute approximate surface area is 82.5 Å². The van der Waals surface area contributed by atoms with Crippen molar-refractivity contribution in [3.63, 3.8) is 0 Å². The van der Waals surface area contributed by atoms with Crippen molar-refractivity contribution in [1.29, 1.82) is 0 Å². The van der Waals surface area contributed by atoms with E-state index in [1.807, 2.05) is 0 Å². The van der Waals surface area contributed by atoms with Gasteiger partial charge in [-0.2, -0.15) is 0 Å². The first kappa shape index (κ1) is 9.27. The minimum absolute atomic E-state index is 0.0318. The minimum atomic E-state index is 0.0318. The van der Waals surface area contributed by atoms with Crippen LogP contribution in [0.2, 0.25) is 0 Å². The first-order chi connectivity index (χ1) is 6.66. The first-order valence-corrected chi connectivity index (χ1v) is 4.63. The summed E-state index contributed by atoms with van der Waals surface area (Å²) in [5.41, 5.74) is 2.88. The maximum absolute atomic E-state index is 11.8. The van der Waals surface area contributed by atoms with E-state index in [2.05, 4.69) is 5.32 Å². The smallest absolute Gasteiger partial charge is 0.257 e. The van der Waals surface area contributed by atoms with E-state index in [-0.39, 0.29) is 5.56 Å². The zero-order chi connectivity index (χ0) is 10.3. The summed E-state index contributed by atoms with van der Waals surface area (Å²) in [4.78, 5) is 11.8. The van der Waals surface area contributed by atoms with E-state index < -0.39 is 0 Å². The standard InChI is InChI=1S/C10H14N2O2/c1-6-9(14-3)7-4-11-5-8(7)12(2)10(6)13/h11H,4-5H2,1-3H3. The fraction of sp³-hybridized carbons (Fsp3) is 0.500. The number of ether oxygens (including phenoxy) is 1. The van der Waals surface area contributed by atoms with Gasteiger partial charge in [0.15, 0.2) is 0 Å². The molecule has 4 nitrogen and oxygen atoms in total. The van der Waals surface area contributed by atoms with Crippen LogP contribution in [0.1, 0.15) is 16.8 Å². The molecule has 0 atom stereocenters. The molecule has 0 amide bonds. The summed E-state index contributed by atoms with van der Waals surface area (Å²) in [5, 5.41) is 3.22. The van der Waals surface area contributed by atoms with Gasteiger partial charge >= 0.3 is 0 Å². The van der Waals surface area contributed by atoms with Gasteiger partial charge in [-0.3, -0.25) is 4.79 Å². The highest BCUT2D eigenvalue weighted by molar-refractivity contribution is 5.44. The monoisotopic (exact) mass is 194 g/mol. The number of hydrogen-bond donors (Lipinski definition) is 1. The summed E-state index contributed by atoms with van der Waals surface area (Å²) in [6, 6.07) is 0. The van der Waals surface area contributed by atoms with Gasteiger partial charge in [-0.05, 0) is 6.92 Å². The molecule has 76 valence electrons. The largest absolute Gasteiger partial charge is 0.496 e. The summed E-state index contributed by atoms with van der Waals surface area (Å²) in [6.45, 7) is 3.34. The van der Waals surface area contributed by atoms with Gasteiger partial charge in [-0.25, -0.2) is 0 Å². The number of pyridine rings is 1. The Bertz CT molecular complexity index is 435. The molecule has 0 aromatic carbocycles. The minimum Gasteiger partial charge on any atom is -0.496 e. The van der Waals surface area contributed by atoms with E-state index in [0.29, 0.717) is 5.56 Å². The number of nitrogens with one attached hydrogen (secondary N) is 1. The molecule has 0 spiro atoms. The van der Waals surface area contributed by atoms with E-state index >= 15 is 0 Å². The maximum atomic E-state index is 11.8. The Morgan fingerprint density at radius 1 is 1.43 bits per heavy atom. The molecule has 0 radical (unpaired) electrons. The topological polar surface area (TPSA) is 43.3 Å². The lowest BCUT2D eigenvalue weighted by atomic mass is 10.1. The third-order valence-electron chi connectivity index (χ3n) is 2.79. The van der Waals surface area contributed by atoms with E-state index in [9.17, 15) is 4.79 Å². The van der Waals surface area contributed by atoms with Gasteiger partial charge in [-0.1, -0.05) is 0 Å². The molecular formula is C10H14N2O2. The lowest BCUT2D eigenvalue weighted by molar-refractivity contribution is 0.404. The Hall–Kier alpha value is -1.29. The van der Waals surface area contributed by atoms with Gasteiger partial charge in [0.2, 0.25) is 0 Å². The third-order valence-corrected chi connectivity index (χ3v) is 2.79. The normalized spacial score (nSPS) is 14.2. The summed E-state index contributed by atoms with van der Waals surface area (Å²) < 4.78 is 6.97. The van der Waals surface area contributed by atoms with Crippen molar-refractivity contribution >= 4 is 0 Å². The van der Waals surface area contributed by atoms with E-state index in [0.717, 1.165) is 30.1 Å². The van der Waals surface area contributed by atoms with E-state index in [1.165, 1.54) is 0 Å². The zero-order valence-corrected chi connectivity index (χ0v) is 8.68. The van der Waals surface area contributed by atoms with Crippen LogP contribution in [0.4, 0.5) is 0 Å². The second-order valence-corrected chi connectivity index (χ2v) is 3.55. The van der Waals surface area contributed by atoms with Crippen molar-refractivity contribution in [3.8, 4) is 5.75 Å². The molecule has 0 saturated carbocycles. The molecule has 0 unspecified atom stereocenters. The Morgan fingerprint density at radius 2 is 2.14 bits per heavy atom. The number of hydrogen-bond acceptors (Lipinski definition) is 3. The number of methoxy groups -OCH3 is 1. The summed E-state index contributed by atoms with van der Waals surface area (Å²) >= 11 is 0. The van der Waals surface area contributed by atoms with Gasteiger partial charge in [-0.15, -0.1) is 0 Å². The maximum Gasteiger partial charge on any atom is 0.257 e. The molecule has 2 heterocycles. The lowest BCUT2D eigenvalue weighted by Gasteiger charge is -2.12. The number of fused-ring (bicyclic) bond motifs is 1. The Balaban J connectivity index is 2.80. The highest BCUT2D eigenvalue weighted by Crippen LogP contribution is 2.26. The molecule has 0 saturated heterocycles. The van der Waals surface area contributed by atoms with Crippen molar-refractivity contribution in [1.82, 2.24) is 9.88 Å². The molecule has 14 heavy (non-hydrogen) atoms. The molecule has 1 aromatic heterocycles. The average molecular weight is 194 g/mol. The van der Waals surface area contributed by atoms with Gasteiger partial charge in [0, 0.05) is 31.4 Å². The second kappa shape index (κ2) is 3.13. The zero-order valence-electron chi connectivity index (χ0n) is 8.68. The number of aromatic nitrogens is 1. The fourth-order valence-corrected chi connectivity index (χ4v) is 2.02. The SMILES string of the molecule is COc1c2c(n(C)c(=O)c1C)CNC2. The van der Waals surface area contributed by atoms with Crippen molar-refractivity contribution in [2.24, 2.45) is 7.05 Å². The molecular weight excluding hydrogens is 180 g/mol. The molecule has 1 aliphatic heterocycles. The van der Waals surface area contributed by atoms with Crippen LogP contribution in [0, 0.1) is 6.92 Å². The molecule has 0 bridgehead atoms. The van der Waals surface area contributed by atoms with Crippen molar-refractivity contribution in [2.75, 3.05) is 7.11 Å². The molecule has 1 N–H and O–H groups in total. The second-order valence-electron chi connectivity index (χ2n) is 3.55.